The van der Waals surface area contributed by atoms with Gasteiger partial charge in [-0.3, -0.25) is 14.5 Å². The van der Waals surface area contributed by atoms with E-state index >= 15 is 0 Å². The van der Waals surface area contributed by atoms with Gasteiger partial charge in [-0.05, 0) is 75.7 Å². The van der Waals surface area contributed by atoms with Crippen molar-refractivity contribution in [3.8, 4) is 5.75 Å². The number of hydrogen-bond donors (Lipinski definition) is 0. The number of nitrogens with zero attached hydrogens (tertiary/aromatic N) is 1. The molecular formula is C24H16BrCl2NO6S. The van der Waals surface area contributed by atoms with Crippen LogP contribution in [0.15, 0.2) is 62.3 Å². The Morgan fingerprint density at radius 2 is 1.94 bits per heavy atom. The summed E-state index contributed by atoms with van der Waals surface area (Å²) in [4.78, 5) is 38.1. The quantitative estimate of drug-likeness (QED) is 0.215. The van der Waals surface area contributed by atoms with Crippen molar-refractivity contribution < 1.29 is 28.3 Å². The van der Waals surface area contributed by atoms with E-state index in [1.54, 1.807) is 42.5 Å². The highest BCUT2D eigenvalue weighted by Crippen LogP contribution is 2.35. The van der Waals surface area contributed by atoms with Gasteiger partial charge < -0.3 is 13.9 Å². The van der Waals surface area contributed by atoms with Crippen molar-refractivity contribution in [2.24, 2.45) is 0 Å². The van der Waals surface area contributed by atoms with Gasteiger partial charge in [-0.2, -0.15) is 0 Å². The maximum absolute atomic E-state index is 12.8. The maximum atomic E-state index is 12.8. The number of hydrogen-bond acceptors (Lipinski definition) is 7. The summed E-state index contributed by atoms with van der Waals surface area (Å²) in [5, 5.41) is 0.622. The van der Waals surface area contributed by atoms with Gasteiger partial charge >= 0.3 is 5.97 Å². The molecule has 11 heteroatoms. The molecule has 1 aliphatic heterocycles. The fourth-order valence-corrected chi connectivity index (χ4v) is 4.95. The Hall–Kier alpha value is -2.72. The van der Waals surface area contributed by atoms with Crippen LogP contribution in [0.4, 0.5) is 4.79 Å². The van der Waals surface area contributed by atoms with E-state index in [2.05, 4.69) is 20.7 Å². The first-order chi connectivity index (χ1) is 16.7. The minimum absolute atomic E-state index is 0.00416. The van der Waals surface area contributed by atoms with E-state index in [1.807, 2.05) is 0 Å². The van der Waals surface area contributed by atoms with Gasteiger partial charge in [0, 0.05) is 15.6 Å². The lowest BCUT2D eigenvalue weighted by atomic mass is 10.2. The molecule has 180 valence electrons. The highest BCUT2D eigenvalue weighted by Gasteiger charge is 2.35. The second-order valence-electron chi connectivity index (χ2n) is 7.24. The Morgan fingerprint density at radius 1 is 1.14 bits per heavy atom. The number of esters is 1. The van der Waals surface area contributed by atoms with E-state index in [1.165, 1.54) is 19.2 Å². The van der Waals surface area contributed by atoms with Crippen LogP contribution in [-0.4, -0.2) is 29.1 Å². The normalized spacial score (nSPS) is 14.6. The zero-order valence-corrected chi connectivity index (χ0v) is 22.0. The summed E-state index contributed by atoms with van der Waals surface area (Å²) in [5.41, 5.74) is 1.49. The van der Waals surface area contributed by atoms with Crippen LogP contribution in [0.25, 0.3) is 6.08 Å². The van der Waals surface area contributed by atoms with Gasteiger partial charge in [-0.1, -0.05) is 35.3 Å². The average Bonchev–Trinajstić information content (AvgIpc) is 3.39. The van der Waals surface area contributed by atoms with E-state index in [0.717, 1.165) is 22.2 Å². The molecule has 35 heavy (non-hydrogen) atoms. The number of amides is 2. The number of carbonyl (C=O) groups excluding carboxylic acids is 3. The largest absolute Gasteiger partial charge is 0.488 e. The zero-order valence-electron chi connectivity index (χ0n) is 18.0. The van der Waals surface area contributed by atoms with E-state index in [9.17, 15) is 14.4 Å². The summed E-state index contributed by atoms with van der Waals surface area (Å²) < 4.78 is 16.5. The first kappa shape index (κ1) is 25.4. The van der Waals surface area contributed by atoms with Crippen LogP contribution in [0, 0.1) is 0 Å². The van der Waals surface area contributed by atoms with Gasteiger partial charge in [0.1, 0.15) is 18.1 Å². The summed E-state index contributed by atoms with van der Waals surface area (Å²) in [5.74, 6) is -0.223. The highest BCUT2D eigenvalue weighted by atomic mass is 79.9. The molecule has 2 amide bonds. The third-order valence-corrected chi connectivity index (χ3v) is 7.00. The molecule has 2 aromatic carbocycles. The molecule has 0 aliphatic carbocycles. The Bertz CT molecular complexity index is 1360. The van der Waals surface area contributed by atoms with Crippen LogP contribution < -0.4 is 4.74 Å². The number of rotatable bonds is 7. The molecular weight excluding hydrogens is 581 g/mol. The molecule has 0 radical (unpaired) electrons. The van der Waals surface area contributed by atoms with Gasteiger partial charge in [-0.25, -0.2) is 4.79 Å². The molecule has 0 unspecified atom stereocenters. The number of halogens is 3. The Balaban J connectivity index is 1.44. The third-order valence-electron chi connectivity index (χ3n) is 4.89. The van der Waals surface area contributed by atoms with Crippen LogP contribution in [0.1, 0.15) is 27.4 Å². The van der Waals surface area contributed by atoms with Gasteiger partial charge in [0.2, 0.25) is 5.76 Å². The minimum Gasteiger partial charge on any atom is -0.488 e. The Labute approximate surface area is 223 Å². The number of benzene rings is 2. The Kier molecular flexibility index (Phi) is 7.91. The van der Waals surface area contributed by atoms with E-state index in [4.69, 9.17) is 32.4 Å². The van der Waals surface area contributed by atoms with Gasteiger partial charge in [0.15, 0.2) is 0 Å². The highest BCUT2D eigenvalue weighted by molar-refractivity contribution is 9.10. The topological polar surface area (TPSA) is 86.0 Å². The standard InChI is InChI=1S/C24H16BrCl2NO6S/c1-32-23(30)20-7-5-16(34-20)11-28-22(29)21(35-24(28)31)9-13-2-6-19(17(25)8-13)33-12-14-3-4-15(26)10-18(14)27/h2-10H,11-12H2,1H3/b21-9+. The molecule has 0 spiro atoms. The molecule has 1 saturated heterocycles. The molecule has 1 fully saturated rings. The van der Waals surface area contributed by atoms with Crippen molar-refractivity contribution >= 4 is 74.1 Å². The smallest absolute Gasteiger partial charge is 0.373 e. The first-order valence-electron chi connectivity index (χ1n) is 10.0. The van der Waals surface area contributed by atoms with Crippen molar-refractivity contribution in [3.05, 3.63) is 90.6 Å². The fourth-order valence-electron chi connectivity index (χ4n) is 3.13. The number of furan rings is 1. The van der Waals surface area contributed by atoms with Crippen LogP contribution in [0.5, 0.6) is 5.75 Å². The predicted octanol–water partition coefficient (Wildman–Crippen LogP) is 6.95. The fraction of sp³-hybridized carbons (Fsp3) is 0.125. The van der Waals surface area contributed by atoms with Gasteiger partial charge in [-0.15, -0.1) is 0 Å². The monoisotopic (exact) mass is 595 g/mol. The van der Waals surface area contributed by atoms with Crippen LogP contribution >= 0.6 is 50.9 Å². The summed E-state index contributed by atoms with van der Waals surface area (Å²) >= 11 is 16.4. The summed E-state index contributed by atoms with van der Waals surface area (Å²) in [6, 6.07) is 13.4. The molecule has 4 rings (SSSR count). The van der Waals surface area contributed by atoms with E-state index in [-0.39, 0.29) is 23.8 Å². The van der Waals surface area contributed by atoms with Gasteiger partial charge in [0.25, 0.3) is 11.1 Å². The molecule has 0 bridgehead atoms. The molecule has 0 N–H and O–H groups in total. The lowest BCUT2D eigenvalue weighted by Crippen LogP contribution is -2.27. The molecule has 2 heterocycles. The van der Waals surface area contributed by atoms with Crippen LogP contribution in [0.3, 0.4) is 0 Å². The minimum atomic E-state index is -0.639. The molecule has 7 nitrogen and oxygen atoms in total. The van der Waals surface area contributed by atoms with Crippen molar-refractivity contribution in [2.45, 2.75) is 13.2 Å². The number of carbonyl (C=O) groups is 3. The second-order valence-corrected chi connectivity index (χ2v) is 9.93. The maximum Gasteiger partial charge on any atom is 0.373 e. The number of thioether (sulfide) groups is 1. The lowest BCUT2D eigenvalue weighted by molar-refractivity contribution is -0.123. The molecule has 0 atom stereocenters. The van der Waals surface area contributed by atoms with Crippen molar-refractivity contribution in [1.82, 2.24) is 4.90 Å². The zero-order chi connectivity index (χ0) is 25.1. The van der Waals surface area contributed by atoms with Crippen molar-refractivity contribution in [3.63, 3.8) is 0 Å². The molecule has 0 saturated carbocycles. The van der Waals surface area contributed by atoms with Gasteiger partial charge in [0.05, 0.1) is 23.0 Å². The summed E-state index contributed by atoms with van der Waals surface area (Å²) in [6.07, 6.45) is 1.62. The van der Waals surface area contributed by atoms with Crippen LogP contribution in [-0.2, 0) is 22.7 Å². The van der Waals surface area contributed by atoms with Crippen molar-refractivity contribution in [1.29, 1.82) is 0 Å². The van der Waals surface area contributed by atoms with Crippen molar-refractivity contribution in [2.75, 3.05) is 7.11 Å². The third kappa shape index (κ3) is 5.92. The molecule has 1 aromatic heterocycles. The molecule has 3 aromatic rings. The molecule has 1 aliphatic rings. The van der Waals surface area contributed by atoms with Crippen LogP contribution in [0.2, 0.25) is 10.0 Å². The summed E-state index contributed by atoms with van der Waals surface area (Å²) in [6.45, 7) is 0.153. The summed E-state index contributed by atoms with van der Waals surface area (Å²) in [7, 11) is 1.23. The predicted molar refractivity (Wildman–Crippen MR) is 136 cm³/mol. The number of ether oxygens (including phenoxy) is 2. The first-order valence-corrected chi connectivity index (χ1v) is 12.4. The van der Waals surface area contributed by atoms with E-state index < -0.39 is 17.1 Å². The van der Waals surface area contributed by atoms with E-state index in [0.29, 0.717) is 31.6 Å². The lowest BCUT2D eigenvalue weighted by Gasteiger charge is -2.11. The Morgan fingerprint density at radius 3 is 2.66 bits per heavy atom. The average molecular weight is 597 g/mol. The number of imide groups is 1. The second kappa shape index (κ2) is 10.9. The SMILES string of the molecule is COC(=O)c1ccc(CN2C(=O)S/C(=C/c3ccc(OCc4ccc(Cl)cc4Cl)c(Br)c3)C2=O)o1. The number of methoxy groups -OCH3 is 1.